The first kappa shape index (κ1) is 18.4. The van der Waals surface area contributed by atoms with Gasteiger partial charge in [0, 0.05) is 23.4 Å². The molecule has 0 aliphatic heterocycles. The smallest absolute Gasteiger partial charge is 0.287 e. The van der Waals surface area contributed by atoms with Gasteiger partial charge >= 0.3 is 0 Å². The molecule has 2 aromatic heterocycles. The molecule has 0 unspecified atom stereocenters. The Balaban J connectivity index is 1.40. The van der Waals surface area contributed by atoms with Crippen molar-refractivity contribution in [2.45, 2.75) is 13.5 Å². The largest absolute Gasteiger partial charge is 0.487 e. The monoisotopic (exact) mass is 393 g/mol. The van der Waals surface area contributed by atoms with Crippen molar-refractivity contribution >= 4 is 17.2 Å². The second-order valence-electron chi connectivity index (χ2n) is 6.36. The lowest BCUT2D eigenvalue weighted by molar-refractivity contribution is 0.102. The molecule has 0 radical (unpaired) electrons. The van der Waals surface area contributed by atoms with Crippen molar-refractivity contribution in [1.82, 2.24) is 9.56 Å². The predicted octanol–water partition coefficient (Wildman–Crippen LogP) is 3.57. The highest BCUT2D eigenvalue weighted by Gasteiger charge is 2.08. The van der Waals surface area contributed by atoms with Crippen molar-refractivity contribution in [2.75, 3.05) is 5.32 Å². The number of hydrogen-bond donors (Lipinski definition) is 1. The van der Waals surface area contributed by atoms with Gasteiger partial charge in [-0.3, -0.25) is 9.59 Å². The van der Waals surface area contributed by atoms with Gasteiger partial charge in [-0.2, -0.15) is 0 Å². The molecule has 1 N–H and O–H groups in total. The average Bonchev–Trinajstić information content (AvgIpc) is 3.09. The Hall–Kier alpha value is -3.94. The Labute approximate surface area is 164 Å². The summed E-state index contributed by atoms with van der Waals surface area (Å²) < 4.78 is 25.0. The van der Waals surface area contributed by atoms with Gasteiger partial charge in [-0.1, -0.05) is 0 Å². The number of rotatable bonds is 5. The summed E-state index contributed by atoms with van der Waals surface area (Å²) in [4.78, 5) is 28.5. The minimum Gasteiger partial charge on any atom is -0.487 e. The Bertz CT molecular complexity index is 1230. The first-order valence-corrected chi connectivity index (χ1v) is 8.77. The highest BCUT2D eigenvalue weighted by atomic mass is 19.1. The number of halogens is 1. The van der Waals surface area contributed by atoms with Crippen LogP contribution in [0, 0.1) is 12.7 Å². The second kappa shape index (κ2) is 7.59. The minimum atomic E-state index is -0.401. The van der Waals surface area contributed by atoms with E-state index in [0.717, 1.165) is 4.57 Å². The van der Waals surface area contributed by atoms with Crippen LogP contribution in [-0.2, 0) is 6.61 Å². The fraction of sp³-hybridized carbons (Fsp3) is 0.0952. The number of nitrogens with zero attached hydrogens (tertiary/aromatic N) is 2. The third kappa shape index (κ3) is 4.16. The highest BCUT2D eigenvalue weighted by molar-refractivity contribution is 6.04. The van der Waals surface area contributed by atoms with E-state index < -0.39 is 5.82 Å². The van der Waals surface area contributed by atoms with Gasteiger partial charge in [-0.05, 0) is 55.5 Å². The Kier molecular flexibility index (Phi) is 4.82. The fourth-order valence-corrected chi connectivity index (χ4v) is 2.74. The van der Waals surface area contributed by atoms with Gasteiger partial charge in [0.1, 0.15) is 23.9 Å². The molecule has 7 nitrogen and oxygen atoms in total. The third-order valence-corrected chi connectivity index (χ3v) is 4.13. The number of fused-ring (bicyclic) bond motifs is 1. The number of ether oxygens (including phenoxy) is 1. The van der Waals surface area contributed by atoms with Crippen molar-refractivity contribution in [3.63, 3.8) is 0 Å². The van der Waals surface area contributed by atoms with Crippen molar-refractivity contribution in [2.24, 2.45) is 0 Å². The molecule has 0 aliphatic carbocycles. The quantitative estimate of drug-likeness (QED) is 0.560. The second-order valence-corrected chi connectivity index (χ2v) is 6.36. The summed E-state index contributed by atoms with van der Waals surface area (Å²) in [6, 6.07) is 15.1. The van der Waals surface area contributed by atoms with E-state index >= 15 is 0 Å². The summed E-state index contributed by atoms with van der Waals surface area (Å²) in [5, 5.41) is 2.72. The van der Waals surface area contributed by atoms with E-state index in [0.29, 0.717) is 34.1 Å². The van der Waals surface area contributed by atoms with Crippen molar-refractivity contribution in [3.05, 3.63) is 93.9 Å². The van der Waals surface area contributed by atoms with Crippen molar-refractivity contribution in [1.29, 1.82) is 0 Å². The van der Waals surface area contributed by atoms with Crippen LogP contribution in [0.5, 0.6) is 5.75 Å². The fourth-order valence-electron chi connectivity index (χ4n) is 2.74. The summed E-state index contributed by atoms with van der Waals surface area (Å²) in [5.74, 6) is 0.399. The number of benzene rings is 2. The van der Waals surface area contributed by atoms with Gasteiger partial charge in [0.15, 0.2) is 5.65 Å². The van der Waals surface area contributed by atoms with Crippen LogP contribution in [0.15, 0.2) is 70.0 Å². The Morgan fingerprint density at radius 3 is 2.59 bits per heavy atom. The molecule has 2 aromatic carbocycles. The molecule has 0 spiro atoms. The number of carbonyl (C=O) groups is 1. The number of amides is 1. The van der Waals surface area contributed by atoms with E-state index in [-0.39, 0.29) is 18.1 Å². The normalized spacial score (nSPS) is 10.8. The van der Waals surface area contributed by atoms with Gasteiger partial charge in [0.2, 0.25) is 0 Å². The Morgan fingerprint density at radius 1 is 1.14 bits per heavy atom. The number of carbonyl (C=O) groups excluding carboxylic acids is 1. The van der Waals surface area contributed by atoms with Crippen LogP contribution in [0.25, 0.3) is 5.65 Å². The topological polar surface area (TPSA) is 85.8 Å². The van der Waals surface area contributed by atoms with Crippen LogP contribution in [-0.4, -0.2) is 15.5 Å². The van der Waals surface area contributed by atoms with E-state index in [1.54, 1.807) is 37.3 Å². The average molecular weight is 393 g/mol. The molecule has 146 valence electrons. The first-order valence-electron chi connectivity index (χ1n) is 8.77. The van der Waals surface area contributed by atoms with Crippen LogP contribution in [0.4, 0.5) is 10.1 Å². The zero-order valence-electron chi connectivity index (χ0n) is 15.4. The zero-order chi connectivity index (χ0) is 20.4. The molecular weight excluding hydrogens is 377 g/mol. The van der Waals surface area contributed by atoms with Crippen LogP contribution < -0.4 is 15.6 Å². The van der Waals surface area contributed by atoms with Crippen molar-refractivity contribution in [3.8, 4) is 5.75 Å². The molecule has 0 fully saturated rings. The molecule has 0 saturated carbocycles. The summed E-state index contributed by atoms with van der Waals surface area (Å²) >= 11 is 0. The molecule has 0 saturated heterocycles. The number of aryl methyl sites for hydroxylation is 1. The maximum atomic E-state index is 12.9. The third-order valence-electron chi connectivity index (χ3n) is 4.13. The zero-order valence-corrected chi connectivity index (χ0v) is 15.4. The lowest BCUT2D eigenvalue weighted by Gasteiger charge is -2.08. The van der Waals surface area contributed by atoms with Crippen LogP contribution in [0.3, 0.4) is 0 Å². The molecule has 4 aromatic rings. The maximum Gasteiger partial charge on any atom is 0.287 e. The van der Waals surface area contributed by atoms with Gasteiger partial charge in [-0.25, -0.2) is 9.37 Å². The minimum absolute atomic E-state index is 0.108. The highest BCUT2D eigenvalue weighted by Crippen LogP contribution is 2.18. The summed E-state index contributed by atoms with van der Waals surface area (Å²) in [6.45, 7) is 1.85. The molecule has 1 amide bonds. The summed E-state index contributed by atoms with van der Waals surface area (Å²) in [5.41, 5.74) is 1.50. The molecule has 0 aliphatic rings. The molecule has 29 heavy (non-hydrogen) atoms. The van der Waals surface area contributed by atoms with Gasteiger partial charge in [0.25, 0.3) is 11.5 Å². The molecule has 0 atom stereocenters. The predicted molar refractivity (Wildman–Crippen MR) is 104 cm³/mol. The van der Waals surface area contributed by atoms with Gasteiger partial charge < -0.3 is 14.6 Å². The van der Waals surface area contributed by atoms with E-state index in [1.165, 1.54) is 30.3 Å². The number of aromatic nitrogens is 2. The molecule has 2 heterocycles. The first-order chi connectivity index (χ1) is 14.0. The van der Waals surface area contributed by atoms with E-state index in [2.05, 4.69) is 10.3 Å². The molecule has 4 rings (SSSR count). The van der Waals surface area contributed by atoms with Crippen LogP contribution in [0.1, 0.15) is 21.8 Å². The lowest BCUT2D eigenvalue weighted by atomic mass is 10.2. The van der Waals surface area contributed by atoms with Gasteiger partial charge in [0.05, 0.1) is 5.69 Å². The van der Waals surface area contributed by atoms with Crippen LogP contribution >= 0.6 is 0 Å². The molecular formula is C21H16FN3O4. The summed E-state index contributed by atoms with van der Waals surface area (Å²) in [6.07, 6.45) is 0. The standard InChI is InChI=1S/C21H16FN3O4/c1-13-10-19-23-17(11-20(26)25(19)29-13)12-28-18-8-6-16(7-9-18)24-21(27)14-2-4-15(22)5-3-14/h2-11H,12H2,1H3,(H,24,27). The molecule has 8 heteroatoms. The number of nitrogens with one attached hydrogen (secondary N) is 1. The van der Waals surface area contributed by atoms with E-state index in [1.807, 2.05) is 0 Å². The lowest BCUT2D eigenvalue weighted by Crippen LogP contribution is -2.14. The molecule has 0 bridgehead atoms. The SMILES string of the molecule is Cc1cc2nc(COc3ccc(NC(=O)c4ccc(F)cc4)cc3)cc(=O)n2o1. The van der Waals surface area contributed by atoms with Crippen LogP contribution in [0.2, 0.25) is 0 Å². The van der Waals surface area contributed by atoms with E-state index in [4.69, 9.17) is 9.26 Å². The van der Waals surface area contributed by atoms with E-state index in [9.17, 15) is 14.0 Å². The summed E-state index contributed by atoms with van der Waals surface area (Å²) in [7, 11) is 0. The Morgan fingerprint density at radius 2 is 1.86 bits per heavy atom. The van der Waals surface area contributed by atoms with Crippen molar-refractivity contribution < 1.29 is 18.4 Å². The number of anilines is 1. The number of hydrogen-bond acceptors (Lipinski definition) is 5. The maximum absolute atomic E-state index is 12.9. The van der Waals surface area contributed by atoms with Gasteiger partial charge in [-0.15, -0.1) is 4.57 Å².